The maximum absolute atomic E-state index is 12.2. The number of hydrogen-bond acceptors (Lipinski definition) is 4. The van der Waals surface area contributed by atoms with Gasteiger partial charge in [0, 0.05) is 13.1 Å². The SMILES string of the molecule is CC(CC#N)N(C)S(=O)(=O)c1cccc(C#N)c1. The molecule has 94 valence electrons. The van der Waals surface area contributed by atoms with Crippen molar-refractivity contribution < 1.29 is 8.42 Å². The molecule has 0 aromatic heterocycles. The van der Waals surface area contributed by atoms with Gasteiger partial charge in [0.1, 0.15) is 0 Å². The zero-order valence-electron chi connectivity index (χ0n) is 10.2. The van der Waals surface area contributed by atoms with Gasteiger partial charge in [0.15, 0.2) is 0 Å². The third-order valence-corrected chi connectivity index (χ3v) is 4.62. The molecule has 5 nitrogen and oxygen atoms in total. The molecule has 1 aromatic carbocycles. The van der Waals surface area contributed by atoms with E-state index in [2.05, 4.69) is 0 Å². The molecule has 0 aliphatic heterocycles. The molecule has 18 heavy (non-hydrogen) atoms. The summed E-state index contributed by atoms with van der Waals surface area (Å²) >= 11 is 0. The van der Waals surface area contributed by atoms with Crippen molar-refractivity contribution in [3.8, 4) is 12.1 Å². The van der Waals surface area contributed by atoms with Crippen LogP contribution in [0.1, 0.15) is 18.9 Å². The van der Waals surface area contributed by atoms with Crippen LogP contribution in [0.3, 0.4) is 0 Å². The quantitative estimate of drug-likeness (QED) is 0.823. The molecule has 0 aliphatic rings. The maximum atomic E-state index is 12.2. The normalized spacial score (nSPS) is 12.7. The molecule has 0 aliphatic carbocycles. The molecule has 1 atom stereocenters. The van der Waals surface area contributed by atoms with Crippen molar-refractivity contribution in [2.75, 3.05) is 7.05 Å². The second kappa shape index (κ2) is 5.63. The van der Waals surface area contributed by atoms with Crippen LogP contribution in [0.5, 0.6) is 0 Å². The molecular formula is C12H13N3O2S. The highest BCUT2D eigenvalue weighted by Gasteiger charge is 2.25. The molecule has 1 rings (SSSR count). The smallest absolute Gasteiger partial charge is 0.207 e. The molecule has 0 radical (unpaired) electrons. The fourth-order valence-corrected chi connectivity index (χ4v) is 2.80. The predicted molar refractivity (Wildman–Crippen MR) is 65.8 cm³/mol. The van der Waals surface area contributed by atoms with Gasteiger partial charge in [-0.25, -0.2) is 8.42 Å². The average molecular weight is 263 g/mol. The molecule has 1 unspecified atom stereocenters. The van der Waals surface area contributed by atoms with Crippen LogP contribution in [0, 0.1) is 22.7 Å². The van der Waals surface area contributed by atoms with Crippen LogP contribution in [0.25, 0.3) is 0 Å². The van der Waals surface area contributed by atoms with Crippen LogP contribution in [-0.4, -0.2) is 25.8 Å². The third-order valence-electron chi connectivity index (χ3n) is 2.65. The Balaban J connectivity index is 3.14. The van der Waals surface area contributed by atoms with E-state index in [1.54, 1.807) is 6.92 Å². The molecule has 0 spiro atoms. The molecule has 0 bridgehead atoms. The summed E-state index contributed by atoms with van der Waals surface area (Å²) in [6.45, 7) is 1.66. The van der Waals surface area contributed by atoms with Crippen molar-refractivity contribution in [1.29, 1.82) is 10.5 Å². The van der Waals surface area contributed by atoms with Crippen molar-refractivity contribution in [2.45, 2.75) is 24.3 Å². The molecule has 0 heterocycles. The van der Waals surface area contributed by atoms with Crippen molar-refractivity contribution >= 4 is 10.0 Å². The summed E-state index contributed by atoms with van der Waals surface area (Å²) in [5.41, 5.74) is 0.289. The predicted octanol–water partition coefficient (Wildman–Crippen LogP) is 1.48. The first-order valence-electron chi connectivity index (χ1n) is 5.28. The zero-order valence-corrected chi connectivity index (χ0v) is 11.0. The Bertz CT molecular complexity index is 611. The van der Waals surface area contributed by atoms with Gasteiger partial charge in [-0.15, -0.1) is 0 Å². The van der Waals surface area contributed by atoms with E-state index in [1.165, 1.54) is 31.3 Å². The van der Waals surface area contributed by atoms with Gasteiger partial charge in [0.2, 0.25) is 10.0 Å². The summed E-state index contributed by atoms with van der Waals surface area (Å²) in [7, 11) is -2.23. The minimum Gasteiger partial charge on any atom is -0.207 e. The first-order valence-corrected chi connectivity index (χ1v) is 6.72. The highest BCUT2D eigenvalue weighted by molar-refractivity contribution is 7.89. The lowest BCUT2D eigenvalue weighted by Gasteiger charge is -2.22. The molecule has 0 N–H and O–H groups in total. The molecule has 6 heteroatoms. The highest BCUT2D eigenvalue weighted by atomic mass is 32.2. The Morgan fingerprint density at radius 3 is 2.61 bits per heavy atom. The van der Waals surface area contributed by atoms with Gasteiger partial charge in [0.05, 0.1) is 29.0 Å². The van der Waals surface area contributed by atoms with E-state index in [0.29, 0.717) is 0 Å². The number of benzene rings is 1. The zero-order chi connectivity index (χ0) is 13.8. The van der Waals surface area contributed by atoms with Crippen LogP contribution in [-0.2, 0) is 10.0 Å². The molecule has 0 fully saturated rings. The largest absolute Gasteiger partial charge is 0.243 e. The summed E-state index contributed by atoms with van der Waals surface area (Å²) < 4.78 is 25.6. The van der Waals surface area contributed by atoms with E-state index in [0.717, 1.165) is 4.31 Å². The summed E-state index contributed by atoms with van der Waals surface area (Å²) in [6, 6.07) is 9.24. The second-order valence-corrected chi connectivity index (χ2v) is 5.87. The van der Waals surface area contributed by atoms with Crippen LogP contribution < -0.4 is 0 Å². The fourth-order valence-electron chi connectivity index (χ4n) is 1.39. The van der Waals surface area contributed by atoms with Gasteiger partial charge in [-0.1, -0.05) is 6.07 Å². The summed E-state index contributed by atoms with van der Waals surface area (Å²) in [5.74, 6) is 0. The third kappa shape index (κ3) is 2.86. The van der Waals surface area contributed by atoms with Gasteiger partial charge >= 0.3 is 0 Å². The molecular weight excluding hydrogens is 250 g/mol. The topological polar surface area (TPSA) is 85.0 Å². The van der Waals surface area contributed by atoms with Gasteiger partial charge in [-0.05, 0) is 25.1 Å². The van der Waals surface area contributed by atoms with E-state index in [4.69, 9.17) is 10.5 Å². The molecule has 0 amide bonds. The monoisotopic (exact) mass is 263 g/mol. The van der Waals surface area contributed by atoms with Crippen molar-refractivity contribution in [3.63, 3.8) is 0 Å². The van der Waals surface area contributed by atoms with Gasteiger partial charge in [0.25, 0.3) is 0 Å². The van der Waals surface area contributed by atoms with Crippen molar-refractivity contribution in [3.05, 3.63) is 29.8 Å². The van der Waals surface area contributed by atoms with Crippen molar-refractivity contribution in [2.24, 2.45) is 0 Å². The number of nitrogens with zero attached hydrogens (tertiary/aromatic N) is 3. The lowest BCUT2D eigenvalue weighted by atomic mass is 10.2. The van der Waals surface area contributed by atoms with Gasteiger partial charge in [-0.3, -0.25) is 0 Å². The molecule has 1 aromatic rings. The first-order chi connectivity index (χ1) is 8.43. The lowest BCUT2D eigenvalue weighted by molar-refractivity contribution is 0.393. The number of nitriles is 2. The Morgan fingerprint density at radius 2 is 2.06 bits per heavy atom. The van der Waals surface area contributed by atoms with Gasteiger partial charge < -0.3 is 0 Å². The highest BCUT2D eigenvalue weighted by Crippen LogP contribution is 2.18. The van der Waals surface area contributed by atoms with E-state index in [9.17, 15) is 8.42 Å². The Kier molecular flexibility index (Phi) is 4.43. The van der Waals surface area contributed by atoms with Crippen LogP contribution in [0.2, 0.25) is 0 Å². The number of rotatable bonds is 4. The summed E-state index contributed by atoms with van der Waals surface area (Å²) in [5, 5.41) is 17.3. The Hall–Kier alpha value is -1.89. The van der Waals surface area contributed by atoms with Crippen LogP contribution >= 0.6 is 0 Å². The Labute approximate surface area is 107 Å². The van der Waals surface area contributed by atoms with E-state index >= 15 is 0 Å². The van der Waals surface area contributed by atoms with E-state index < -0.39 is 16.1 Å². The minimum absolute atomic E-state index is 0.0637. The van der Waals surface area contributed by atoms with Crippen LogP contribution in [0.15, 0.2) is 29.2 Å². The average Bonchev–Trinajstić information content (AvgIpc) is 2.38. The molecule has 0 saturated heterocycles. The minimum atomic E-state index is -3.66. The summed E-state index contributed by atoms with van der Waals surface area (Å²) in [6.07, 6.45) is 0.119. The van der Waals surface area contributed by atoms with Crippen LogP contribution in [0.4, 0.5) is 0 Å². The maximum Gasteiger partial charge on any atom is 0.243 e. The standard InChI is InChI=1S/C12H13N3O2S/c1-10(6-7-13)15(2)18(16,17)12-5-3-4-11(8-12)9-14/h3-5,8,10H,6H2,1-2H3. The van der Waals surface area contributed by atoms with Gasteiger partial charge in [-0.2, -0.15) is 14.8 Å². The van der Waals surface area contributed by atoms with Crippen molar-refractivity contribution in [1.82, 2.24) is 4.31 Å². The number of hydrogen-bond donors (Lipinski definition) is 0. The number of sulfonamides is 1. The fraction of sp³-hybridized carbons (Fsp3) is 0.333. The molecule has 0 saturated carbocycles. The van der Waals surface area contributed by atoms with E-state index in [-0.39, 0.29) is 16.9 Å². The first kappa shape index (κ1) is 14.2. The Morgan fingerprint density at radius 1 is 1.39 bits per heavy atom. The van der Waals surface area contributed by atoms with E-state index in [1.807, 2.05) is 12.1 Å². The second-order valence-electron chi connectivity index (χ2n) is 3.87. The lowest BCUT2D eigenvalue weighted by Crippen LogP contribution is -2.34. The summed E-state index contributed by atoms with van der Waals surface area (Å²) in [4.78, 5) is 0.0637.